The van der Waals surface area contributed by atoms with Crippen molar-refractivity contribution in [3.8, 4) is 0 Å². The molecule has 0 heterocycles. The molecule has 0 aliphatic heterocycles. The van der Waals surface area contributed by atoms with Gasteiger partial charge in [-0.25, -0.2) is 0 Å². The highest BCUT2D eigenvalue weighted by atomic mass is 32.2. The Balaban J connectivity index is 4.55. The number of hydrogen-bond donors (Lipinski definition) is 0. The minimum absolute atomic E-state index is 0.111. The SMILES string of the molecule is CC(=O)/C=C(\SC(F)(F)F)N(C)C. The Morgan fingerprint density at radius 2 is 1.85 bits per heavy atom. The molecule has 0 rings (SSSR count). The molecule has 0 aromatic carbocycles. The van der Waals surface area contributed by atoms with Gasteiger partial charge in [-0.2, -0.15) is 13.2 Å². The third kappa shape index (κ3) is 6.51. The molecule has 0 aromatic heterocycles. The van der Waals surface area contributed by atoms with E-state index in [9.17, 15) is 18.0 Å². The van der Waals surface area contributed by atoms with Gasteiger partial charge in [-0.3, -0.25) is 4.79 Å². The van der Waals surface area contributed by atoms with E-state index in [1.54, 1.807) is 0 Å². The number of alkyl halides is 3. The average molecular weight is 213 g/mol. The second kappa shape index (κ2) is 4.55. The first-order valence-corrected chi connectivity index (χ1v) is 4.19. The van der Waals surface area contributed by atoms with Crippen molar-refractivity contribution >= 4 is 17.5 Å². The summed E-state index contributed by atoms with van der Waals surface area (Å²) in [5.41, 5.74) is -4.36. The number of halogens is 3. The zero-order chi connectivity index (χ0) is 10.6. The van der Waals surface area contributed by atoms with Crippen molar-refractivity contribution in [1.82, 2.24) is 4.90 Å². The molecule has 0 aromatic rings. The van der Waals surface area contributed by atoms with E-state index in [0.717, 1.165) is 6.08 Å². The lowest BCUT2D eigenvalue weighted by Crippen LogP contribution is -2.14. The van der Waals surface area contributed by atoms with Crippen LogP contribution in [0.15, 0.2) is 11.1 Å². The van der Waals surface area contributed by atoms with Crippen LogP contribution in [-0.2, 0) is 4.79 Å². The molecule has 0 aliphatic carbocycles. The molecule has 0 aliphatic rings. The molecule has 0 saturated carbocycles. The molecule has 2 nitrogen and oxygen atoms in total. The smallest absolute Gasteiger partial charge is 0.372 e. The Hall–Kier alpha value is -0.650. The van der Waals surface area contributed by atoms with Gasteiger partial charge in [-0.05, 0) is 6.92 Å². The van der Waals surface area contributed by atoms with Gasteiger partial charge in [-0.1, -0.05) is 0 Å². The monoisotopic (exact) mass is 213 g/mol. The van der Waals surface area contributed by atoms with Crippen LogP contribution in [0.5, 0.6) is 0 Å². The summed E-state index contributed by atoms with van der Waals surface area (Å²) in [6.45, 7) is 1.21. The summed E-state index contributed by atoms with van der Waals surface area (Å²) in [5, 5.41) is -0.111. The molecule has 76 valence electrons. The van der Waals surface area contributed by atoms with Crippen molar-refractivity contribution in [3.05, 3.63) is 11.1 Å². The van der Waals surface area contributed by atoms with Crippen molar-refractivity contribution in [2.45, 2.75) is 12.4 Å². The van der Waals surface area contributed by atoms with E-state index in [2.05, 4.69) is 0 Å². The van der Waals surface area contributed by atoms with Crippen molar-refractivity contribution in [2.24, 2.45) is 0 Å². The van der Waals surface area contributed by atoms with Gasteiger partial charge < -0.3 is 4.90 Å². The van der Waals surface area contributed by atoms with Crippen molar-refractivity contribution in [1.29, 1.82) is 0 Å². The van der Waals surface area contributed by atoms with Crippen molar-refractivity contribution < 1.29 is 18.0 Å². The number of nitrogens with zero attached hydrogens (tertiary/aromatic N) is 1. The predicted octanol–water partition coefficient (Wildman–Crippen LogP) is 2.23. The second-order valence-electron chi connectivity index (χ2n) is 2.54. The largest absolute Gasteiger partial charge is 0.447 e. The molecule has 0 N–H and O–H groups in total. The fraction of sp³-hybridized carbons (Fsp3) is 0.571. The van der Waals surface area contributed by atoms with Gasteiger partial charge in [0.15, 0.2) is 5.78 Å². The number of allylic oxidation sites excluding steroid dienone is 1. The summed E-state index contributed by atoms with van der Waals surface area (Å²) in [6.07, 6.45) is 0.957. The van der Waals surface area contributed by atoms with Crippen LogP contribution in [0.25, 0.3) is 0 Å². The summed E-state index contributed by atoms with van der Waals surface area (Å²) in [4.78, 5) is 11.8. The zero-order valence-electron chi connectivity index (χ0n) is 7.47. The molecule has 0 radical (unpaired) electrons. The van der Waals surface area contributed by atoms with Crippen molar-refractivity contribution in [2.75, 3.05) is 14.1 Å². The van der Waals surface area contributed by atoms with Crippen LogP contribution in [0.3, 0.4) is 0 Å². The maximum absolute atomic E-state index is 11.9. The van der Waals surface area contributed by atoms with E-state index in [0.29, 0.717) is 0 Å². The summed E-state index contributed by atoms with van der Waals surface area (Å²) < 4.78 is 35.7. The first-order chi connectivity index (χ1) is 5.72. The first-order valence-electron chi connectivity index (χ1n) is 3.37. The molecular weight excluding hydrogens is 203 g/mol. The molecule has 0 bridgehead atoms. The molecule has 13 heavy (non-hydrogen) atoms. The molecule has 0 saturated heterocycles. The van der Waals surface area contributed by atoms with Gasteiger partial charge in [0.2, 0.25) is 0 Å². The Bertz CT molecular complexity index is 222. The maximum atomic E-state index is 11.9. The fourth-order valence-corrected chi connectivity index (χ4v) is 1.19. The number of thioether (sulfide) groups is 1. The lowest BCUT2D eigenvalue weighted by molar-refractivity contribution is -0.112. The summed E-state index contributed by atoms with van der Waals surface area (Å²) in [5.74, 6) is -0.402. The van der Waals surface area contributed by atoms with E-state index >= 15 is 0 Å². The topological polar surface area (TPSA) is 20.3 Å². The number of carbonyl (C=O) groups is 1. The highest BCUT2D eigenvalue weighted by Gasteiger charge is 2.31. The Kier molecular flexibility index (Phi) is 4.32. The van der Waals surface area contributed by atoms with E-state index in [4.69, 9.17) is 0 Å². The molecule has 0 atom stereocenters. The van der Waals surface area contributed by atoms with E-state index < -0.39 is 11.3 Å². The third-order valence-electron chi connectivity index (χ3n) is 0.988. The second-order valence-corrected chi connectivity index (χ2v) is 3.62. The molecular formula is C7H10F3NOS. The van der Waals surface area contributed by atoms with Crippen LogP contribution in [0.4, 0.5) is 13.2 Å². The highest BCUT2D eigenvalue weighted by Crippen LogP contribution is 2.36. The number of hydrogen-bond acceptors (Lipinski definition) is 3. The van der Waals surface area contributed by atoms with Crippen LogP contribution in [0.1, 0.15) is 6.92 Å². The first kappa shape index (κ1) is 12.3. The normalized spacial score (nSPS) is 12.9. The van der Waals surface area contributed by atoms with Crippen LogP contribution >= 0.6 is 11.8 Å². The predicted molar refractivity (Wildman–Crippen MR) is 46.1 cm³/mol. The Morgan fingerprint density at radius 3 is 2.08 bits per heavy atom. The standard InChI is InChI=1S/C7H10F3NOS/c1-5(12)4-6(11(2)3)13-7(8,9)10/h4H,1-3H3/b6-4-. The molecule has 0 fully saturated rings. The minimum atomic E-state index is -4.36. The maximum Gasteiger partial charge on any atom is 0.447 e. The highest BCUT2D eigenvalue weighted by molar-refractivity contribution is 8.03. The minimum Gasteiger partial charge on any atom is -0.372 e. The quantitative estimate of drug-likeness (QED) is 0.670. The average Bonchev–Trinajstić information content (AvgIpc) is 1.81. The van der Waals surface area contributed by atoms with Gasteiger partial charge in [-0.15, -0.1) is 0 Å². The Labute approximate surface area is 78.8 Å². The zero-order valence-corrected chi connectivity index (χ0v) is 8.29. The lowest BCUT2D eigenvalue weighted by atomic mass is 10.4. The molecule has 0 unspecified atom stereocenters. The van der Waals surface area contributed by atoms with E-state index in [-0.39, 0.29) is 16.8 Å². The summed E-state index contributed by atoms with van der Waals surface area (Å²) >= 11 is -0.296. The van der Waals surface area contributed by atoms with Gasteiger partial charge in [0.1, 0.15) is 0 Å². The van der Waals surface area contributed by atoms with Gasteiger partial charge in [0.25, 0.3) is 0 Å². The third-order valence-corrected chi connectivity index (χ3v) is 1.91. The van der Waals surface area contributed by atoms with E-state index in [1.165, 1.54) is 25.9 Å². The molecule has 6 heteroatoms. The number of rotatable bonds is 3. The fourth-order valence-electron chi connectivity index (χ4n) is 0.542. The molecule has 0 spiro atoms. The summed E-state index contributed by atoms with van der Waals surface area (Å²) in [7, 11) is 2.90. The van der Waals surface area contributed by atoms with Gasteiger partial charge >= 0.3 is 5.51 Å². The number of carbonyl (C=O) groups excluding carboxylic acids is 1. The van der Waals surface area contributed by atoms with Crippen LogP contribution in [-0.4, -0.2) is 30.3 Å². The van der Waals surface area contributed by atoms with E-state index in [1.807, 2.05) is 0 Å². The number of ketones is 1. The van der Waals surface area contributed by atoms with Crippen LogP contribution in [0.2, 0.25) is 0 Å². The van der Waals surface area contributed by atoms with Crippen molar-refractivity contribution in [3.63, 3.8) is 0 Å². The Morgan fingerprint density at radius 1 is 1.38 bits per heavy atom. The van der Waals surface area contributed by atoms with Crippen LogP contribution < -0.4 is 0 Å². The molecule has 0 amide bonds. The van der Waals surface area contributed by atoms with Gasteiger partial charge in [0, 0.05) is 31.9 Å². The summed E-state index contributed by atoms with van der Waals surface area (Å²) in [6, 6.07) is 0. The van der Waals surface area contributed by atoms with Crippen LogP contribution in [0, 0.1) is 0 Å². The van der Waals surface area contributed by atoms with Gasteiger partial charge in [0.05, 0.1) is 5.03 Å². The lowest BCUT2D eigenvalue weighted by Gasteiger charge is -2.17.